The molecule has 0 saturated heterocycles. The Hall–Kier alpha value is -2.60. The van der Waals surface area contributed by atoms with Gasteiger partial charge in [0.1, 0.15) is 11.3 Å². The second-order valence-corrected chi connectivity index (χ2v) is 9.52. The molecule has 2 aliphatic rings. The fourth-order valence-corrected chi connectivity index (χ4v) is 5.02. The summed E-state index contributed by atoms with van der Waals surface area (Å²) < 4.78 is 8.13. The lowest BCUT2D eigenvalue weighted by atomic mass is 10.0. The van der Waals surface area contributed by atoms with E-state index in [1.165, 1.54) is 18.5 Å². The van der Waals surface area contributed by atoms with Gasteiger partial charge in [0.25, 0.3) is 5.91 Å². The first-order chi connectivity index (χ1) is 15.1. The largest absolute Gasteiger partial charge is 0.460 e. The Morgan fingerprint density at radius 3 is 2.84 bits per heavy atom. The lowest BCUT2D eigenvalue weighted by Gasteiger charge is -2.27. The Morgan fingerprint density at radius 2 is 2.06 bits per heavy atom. The van der Waals surface area contributed by atoms with E-state index in [4.69, 9.17) is 9.52 Å². The van der Waals surface area contributed by atoms with Crippen molar-refractivity contribution in [2.24, 2.45) is 5.92 Å². The molecule has 1 fully saturated rings. The van der Waals surface area contributed by atoms with Crippen molar-refractivity contribution in [2.45, 2.75) is 71.6 Å². The second kappa shape index (κ2) is 8.50. The van der Waals surface area contributed by atoms with Crippen molar-refractivity contribution >= 4 is 16.9 Å². The molecule has 3 aromatic rings. The summed E-state index contributed by atoms with van der Waals surface area (Å²) >= 11 is 0. The maximum Gasteiger partial charge on any atom is 0.272 e. The van der Waals surface area contributed by atoms with E-state index in [-0.39, 0.29) is 5.91 Å². The molecular weight excluding hydrogens is 388 g/mol. The SMILES string of the molecule is CC(C)Cn1nc(C(=O)NC2CCCC2)c2c1CCN(Cc1cc3ccccc3o1)C2. The van der Waals surface area contributed by atoms with Crippen LogP contribution in [0.3, 0.4) is 0 Å². The number of benzene rings is 1. The van der Waals surface area contributed by atoms with Crippen molar-refractivity contribution in [1.82, 2.24) is 20.0 Å². The molecular formula is C25H32N4O2. The maximum absolute atomic E-state index is 13.1. The molecule has 1 aromatic carbocycles. The average Bonchev–Trinajstić information content (AvgIpc) is 3.46. The van der Waals surface area contributed by atoms with E-state index in [1.54, 1.807) is 0 Å². The van der Waals surface area contributed by atoms with Gasteiger partial charge in [-0.05, 0) is 30.9 Å². The Balaban J connectivity index is 1.38. The monoisotopic (exact) mass is 420 g/mol. The fourth-order valence-electron chi connectivity index (χ4n) is 5.02. The van der Waals surface area contributed by atoms with E-state index in [2.05, 4.69) is 40.9 Å². The first kappa shape index (κ1) is 20.3. The number of amides is 1. The lowest BCUT2D eigenvalue weighted by Crippen LogP contribution is -2.35. The Bertz CT molecular complexity index is 1040. The first-order valence-corrected chi connectivity index (χ1v) is 11.7. The topological polar surface area (TPSA) is 63.3 Å². The molecule has 0 radical (unpaired) electrons. The second-order valence-electron chi connectivity index (χ2n) is 9.52. The summed E-state index contributed by atoms with van der Waals surface area (Å²) in [6, 6.07) is 10.6. The van der Waals surface area contributed by atoms with E-state index < -0.39 is 0 Å². The number of hydrogen-bond acceptors (Lipinski definition) is 4. The number of furan rings is 1. The van der Waals surface area contributed by atoms with Gasteiger partial charge < -0.3 is 9.73 Å². The molecule has 0 atom stereocenters. The van der Waals surface area contributed by atoms with Crippen LogP contribution in [-0.4, -0.2) is 33.2 Å². The molecule has 0 unspecified atom stereocenters. The van der Waals surface area contributed by atoms with E-state index in [1.807, 2.05) is 18.2 Å². The normalized spacial score (nSPS) is 17.5. The molecule has 1 aliphatic heterocycles. The van der Waals surface area contributed by atoms with Crippen LogP contribution in [0.25, 0.3) is 11.0 Å². The van der Waals surface area contributed by atoms with Gasteiger partial charge in [-0.25, -0.2) is 0 Å². The molecule has 164 valence electrons. The Labute approximate surface area is 183 Å². The van der Waals surface area contributed by atoms with E-state index >= 15 is 0 Å². The number of aromatic nitrogens is 2. The van der Waals surface area contributed by atoms with Crippen molar-refractivity contribution in [3.63, 3.8) is 0 Å². The zero-order valence-corrected chi connectivity index (χ0v) is 18.6. The number of hydrogen-bond donors (Lipinski definition) is 1. The third-order valence-corrected chi connectivity index (χ3v) is 6.51. The summed E-state index contributed by atoms with van der Waals surface area (Å²) in [5, 5.41) is 9.18. The number of carbonyl (C=O) groups is 1. The number of nitrogens with one attached hydrogen (secondary N) is 1. The van der Waals surface area contributed by atoms with Crippen molar-refractivity contribution in [2.75, 3.05) is 6.54 Å². The van der Waals surface area contributed by atoms with Crippen LogP contribution in [0.5, 0.6) is 0 Å². The van der Waals surface area contributed by atoms with Crippen LogP contribution in [0, 0.1) is 5.92 Å². The molecule has 3 heterocycles. The minimum atomic E-state index is -0.00348. The van der Waals surface area contributed by atoms with Gasteiger partial charge in [-0.2, -0.15) is 5.10 Å². The predicted molar refractivity (Wildman–Crippen MR) is 121 cm³/mol. The van der Waals surface area contributed by atoms with Gasteiger partial charge in [0, 0.05) is 48.7 Å². The van der Waals surface area contributed by atoms with Gasteiger partial charge in [-0.15, -0.1) is 0 Å². The van der Waals surface area contributed by atoms with Crippen LogP contribution in [-0.2, 0) is 26.1 Å². The number of para-hydroxylation sites is 1. The number of fused-ring (bicyclic) bond motifs is 2. The highest BCUT2D eigenvalue weighted by Gasteiger charge is 2.30. The molecule has 6 heteroatoms. The third-order valence-electron chi connectivity index (χ3n) is 6.51. The summed E-state index contributed by atoms with van der Waals surface area (Å²) in [7, 11) is 0. The zero-order valence-electron chi connectivity index (χ0n) is 18.6. The summed E-state index contributed by atoms with van der Waals surface area (Å²) in [5.41, 5.74) is 3.87. The van der Waals surface area contributed by atoms with Gasteiger partial charge in [-0.3, -0.25) is 14.4 Å². The summed E-state index contributed by atoms with van der Waals surface area (Å²) in [6.07, 6.45) is 5.48. The Morgan fingerprint density at radius 1 is 1.26 bits per heavy atom. The Kier molecular flexibility index (Phi) is 5.57. The van der Waals surface area contributed by atoms with Crippen molar-refractivity contribution in [1.29, 1.82) is 0 Å². The average molecular weight is 421 g/mol. The van der Waals surface area contributed by atoms with E-state index in [9.17, 15) is 4.79 Å². The molecule has 0 bridgehead atoms. The number of nitrogens with zero attached hydrogens (tertiary/aromatic N) is 3. The molecule has 6 nitrogen and oxygen atoms in total. The van der Waals surface area contributed by atoms with Crippen molar-refractivity contribution in [3.05, 3.63) is 53.0 Å². The molecule has 2 aromatic heterocycles. The molecule has 1 N–H and O–H groups in total. The van der Waals surface area contributed by atoms with Gasteiger partial charge in [-0.1, -0.05) is 44.9 Å². The van der Waals surface area contributed by atoms with Gasteiger partial charge >= 0.3 is 0 Å². The van der Waals surface area contributed by atoms with Crippen molar-refractivity contribution < 1.29 is 9.21 Å². The van der Waals surface area contributed by atoms with Crippen LogP contribution >= 0.6 is 0 Å². The highest BCUT2D eigenvalue weighted by atomic mass is 16.3. The minimum Gasteiger partial charge on any atom is -0.460 e. The molecule has 31 heavy (non-hydrogen) atoms. The van der Waals surface area contributed by atoms with Gasteiger partial charge in [0.15, 0.2) is 5.69 Å². The molecule has 1 amide bonds. The van der Waals surface area contributed by atoms with E-state index in [0.717, 1.165) is 67.7 Å². The molecule has 1 aliphatic carbocycles. The maximum atomic E-state index is 13.1. The van der Waals surface area contributed by atoms with Crippen LogP contribution < -0.4 is 5.32 Å². The molecule has 1 saturated carbocycles. The summed E-state index contributed by atoms with van der Waals surface area (Å²) in [5.74, 6) is 1.45. The van der Waals surface area contributed by atoms with Crippen LogP contribution in [0.15, 0.2) is 34.7 Å². The van der Waals surface area contributed by atoms with Crippen LogP contribution in [0.4, 0.5) is 0 Å². The molecule has 0 spiro atoms. The smallest absolute Gasteiger partial charge is 0.272 e. The third kappa shape index (κ3) is 4.26. The first-order valence-electron chi connectivity index (χ1n) is 11.7. The van der Waals surface area contributed by atoms with Crippen molar-refractivity contribution in [3.8, 4) is 0 Å². The minimum absolute atomic E-state index is 0.00348. The van der Waals surface area contributed by atoms with Gasteiger partial charge in [0.05, 0.1) is 6.54 Å². The van der Waals surface area contributed by atoms with E-state index in [0.29, 0.717) is 17.7 Å². The standard InChI is InChI=1S/C25H32N4O2/c1-17(2)14-29-22-11-12-28(15-20-13-18-7-3-6-10-23(18)31-20)16-21(22)24(27-29)25(30)26-19-8-4-5-9-19/h3,6-7,10,13,17,19H,4-5,8-9,11-12,14-16H2,1-2H3,(H,26,30). The highest BCUT2D eigenvalue weighted by molar-refractivity contribution is 5.94. The summed E-state index contributed by atoms with van der Waals surface area (Å²) in [6.45, 7) is 7.66. The number of carbonyl (C=O) groups excluding carboxylic acids is 1. The van der Waals surface area contributed by atoms with Crippen LogP contribution in [0.2, 0.25) is 0 Å². The quantitative estimate of drug-likeness (QED) is 0.637. The highest BCUT2D eigenvalue weighted by Crippen LogP contribution is 2.27. The number of rotatable bonds is 6. The molecule has 5 rings (SSSR count). The zero-order chi connectivity index (χ0) is 21.4. The lowest BCUT2D eigenvalue weighted by molar-refractivity contribution is 0.0929. The van der Waals surface area contributed by atoms with Gasteiger partial charge in [0.2, 0.25) is 0 Å². The van der Waals surface area contributed by atoms with Crippen LogP contribution in [0.1, 0.15) is 67.0 Å². The predicted octanol–water partition coefficient (Wildman–Crippen LogP) is 4.52. The summed E-state index contributed by atoms with van der Waals surface area (Å²) in [4.78, 5) is 15.5. The fraction of sp³-hybridized carbons (Fsp3) is 0.520.